The van der Waals surface area contributed by atoms with Gasteiger partial charge in [0.05, 0.1) is 0 Å². The van der Waals surface area contributed by atoms with Gasteiger partial charge in [-0.1, -0.05) is 39.7 Å². The number of rotatable bonds is 5. The molecular weight excluding hydrogens is 170 g/mol. The van der Waals surface area contributed by atoms with Crippen LogP contribution in [-0.4, -0.2) is 4.98 Å². The molecule has 0 unspecified atom stereocenters. The van der Waals surface area contributed by atoms with E-state index in [1.54, 1.807) is 0 Å². The van der Waals surface area contributed by atoms with Gasteiger partial charge in [0.25, 0.3) is 0 Å². The first-order valence-corrected chi connectivity index (χ1v) is 5.64. The van der Waals surface area contributed by atoms with Gasteiger partial charge in [-0.15, -0.1) is 0 Å². The largest absolute Gasteiger partial charge is 0.261 e. The first kappa shape index (κ1) is 11.2. The van der Waals surface area contributed by atoms with E-state index in [-0.39, 0.29) is 5.41 Å². The van der Waals surface area contributed by atoms with Crippen molar-refractivity contribution >= 4 is 0 Å². The minimum absolute atomic E-state index is 0.282. The van der Waals surface area contributed by atoms with Crippen molar-refractivity contribution in [1.82, 2.24) is 4.98 Å². The molecule has 1 aromatic heterocycles. The molecule has 1 rings (SSSR count). The third kappa shape index (κ3) is 2.57. The van der Waals surface area contributed by atoms with Gasteiger partial charge in [0.15, 0.2) is 0 Å². The van der Waals surface area contributed by atoms with Crippen LogP contribution < -0.4 is 0 Å². The third-order valence-electron chi connectivity index (χ3n) is 2.89. The predicted molar refractivity (Wildman–Crippen MR) is 61.4 cm³/mol. The molecule has 0 radical (unpaired) electrons. The molecule has 0 N–H and O–H groups in total. The van der Waals surface area contributed by atoms with Crippen LogP contribution in [-0.2, 0) is 5.41 Å². The van der Waals surface area contributed by atoms with Crippen LogP contribution in [0.5, 0.6) is 0 Å². The zero-order valence-electron chi connectivity index (χ0n) is 9.59. The maximum absolute atomic E-state index is 4.49. The average molecular weight is 191 g/mol. The van der Waals surface area contributed by atoms with Crippen LogP contribution in [0.1, 0.15) is 52.1 Å². The summed E-state index contributed by atoms with van der Waals surface area (Å²) in [5.74, 6) is 0. The lowest BCUT2D eigenvalue weighted by Crippen LogP contribution is -2.22. The normalized spacial score (nSPS) is 11.6. The summed E-state index contributed by atoms with van der Waals surface area (Å²) in [6, 6.07) is 6.24. The quantitative estimate of drug-likeness (QED) is 0.687. The second kappa shape index (κ2) is 5.14. The van der Waals surface area contributed by atoms with Crippen molar-refractivity contribution in [3.63, 3.8) is 0 Å². The average Bonchev–Trinajstić information content (AvgIpc) is 2.20. The fourth-order valence-electron chi connectivity index (χ4n) is 2.20. The molecule has 1 aromatic rings. The minimum atomic E-state index is 0.282. The molecule has 0 fully saturated rings. The molecule has 0 saturated heterocycles. The Kier molecular flexibility index (Phi) is 4.12. The summed E-state index contributed by atoms with van der Waals surface area (Å²) in [6.07, 6.45) is 6.83. The van der Waals surface area contributed by atoms with Crippen molar-refractivity contribution in [2.24, 2.45) is 0 Å². The lowest BCUT2D eigenvalue weighted by Gasteiger charge is -2.28. The van der Waals surface area contributed by atoms with E-state index in [0.29, 0.717) is 0 Å². The highest BCUT2D eigenvalue weighted by Crippen LogP contribution is 2.32. The number of hydrogen-bond donors (Lipinski definition) is 0. The molecule has 78 valence electrons. The van der Waals surface area contributed by atoms with E-state index in [1.165, 1.54) is 31.4 Å². The van der Waals surface area contributed by atoms with Crippen LogP contribution in [0.2, 0.25) is 0 Å². The van der Waals surface area contributed by atoms with Crippen molar-refractivity contribution in [2.45, 2.75) is 51.9 Å². The van der Waals surface area contributed by atoms with Gasteiger partial charge >= 0.3 is 0 Å². The van der Waals surface area contributed by atoms with Crippen molar-refractivity contribution in [2.75, 3.05) is 0 Å². The summed E-state index contributed by atoms with van der Waals surface area (Å²) in [4.78, 5) is 4.49. The van der Waals surface area contributed by atoms with Crippen LogP contribution in [0.15, 0.2) is 24.4 Å². The standard InChI is InChI=1S/C13H21N/c1-4-9-13(3,10-5-2)12-8-6-7-11-14-12/h6-8,11H,4-5,9-10H2,1-3H3. The lowest BCUT2D eigenvalue weighted by atomic mass is 9.78. The second-order valence-electron chi connectivity index (χ2n) is 4.28. The molecule has 1 heteroatoms. The van der Waals surface area contributed by atoms with Gasteiger partial charge in [-0.25, -0.2) is 0 Å². The Balaban J connectivity index is 2.87. The maximum atomic E-state index is 4.49. The molecule has 0 aliphatic heterocycles. The predicted octanol–water partition coefficient (Wildman–Crippen LogP) is 3.94. The van der Waals surface area contributed by atoms with Crippen molar-refractivity contribution in [3.8, 4) is 0 Å². The van der Waals surface area contributed by atoms with E-state index < -0.39 is 0 Å². The van der Waals surface area contributed by atoms with Crippen molar-refractivity contribution < 1.29 is 0 Å². The van der Waals surface area contributed by atoms with Gasteiger partial charge in [-0.05, 0) is 25.0 Å². The first-order valence-electron chi connectivity index (χ1n) is 5.64. The summed E-state index contributed by atoms with van der Waals surface area (Å²) < 4.78 is 0. The zero-order valence-corrected chi connectivity index (χ0v) is 9.59. The van der Waals surface area contributed by atoms with Gasteiger partial charge in [0, 0.05) is 17.3 Å². The Morgan fingerprint density at radius 3 is 2.21 bits per heavy atom. The smallest absolute Gasteiger partial charge is 0.0462 e. The molecule has 14 heavy (non-hydrogen) atoms. The first-order chi connectivity index (χ1) is 6.73. The molecular formula is C13H21N. The monoisotopic (exact) mass is 191 g/mol. The van der Waals surface area contributed by atoms with Crippen LogP contribution in [0.3, 0.4) is 0 Å². The molecule has 0 amide bonds. The number of aromatic nitrogens is 1. The minimum Gasteiger partial charge on any atom is -0.261 e. The lowest BCUT2D eigenvalue weighted by molar-refractivity contribution is 0.381. The number of nitrogens with zero attached hydrogens (tertiary/aromatic N) is 1. The highest BCUT2D eigenvalue weighted by atomic mass is 14.7. The highest BCUT2D eigenvalue weighted by molar-refractivity contribution is 5.15. The summed E-state index contributed by atoms with van der Waals surface area (Å²) in [5, 5.41) is 0. The Hall–Kier alpha value is -0.850. The van der Waals surface area contributed by atoms with Crippen LogP contribution in [0, 0.1) is 0 Å². The van der Waals surface area contributed by atoms with Crippen LogP contribution >= 0.6 is 0 Å². The Labute approximate surface area is 87.6 Å². The van der Waals surface area contributed by atoms with Gasteiger partial charge < -0.3 is 0 Å². The Morgan fingerprint density at radius 2 is 1.79 bits per heavy atom. The summed E-state index contributed by atoms with van der Waals surface area (Å²) >= 11 is 0. The molecule has 0 aliphatic carbocycles. The fraction of sp³-hybridized carbons (Fsp3) is 0.615. The molecule has 0 aliphatic rings. The third-order valence-corrected chi connectivity index (χ3v) is 2.89. The molecule has 1 nitrogen and oxygen atoms in total. The van der Waals surface area contributed by atoms with E-state index in [2.05, 4.69) is 37.9 Å². The Bertz CT molecular complexity index is 247. The molecule has 0 bridgehead atoms. The van der Waals surface area contributed by atoms with E-state index >= 15 is 0 Å². The van der Waals surface area contributed by atoms with Gasteiger partial charge in [-0.2, -0.15) is 0 Å². The van der Waals surface area contributed by atoms with Crippen LogP contribution in [0.4, 0.5) is 0 Å². The molecule has 1 heterocycles. The Morgan fingerprint density at radius 1 is 1.14 bits per heavy atom. The molecule has 0 atom stereocenters. The van der Waals surface area contributed by atoms with E-state index in [4.69, 9.17) is 0 Å². The second-order valence-corrected chi connectivity index (χ2v) is 4.28. The summed E-state index contributed by atoms with van der Waals surface area (Å²) in [7, 11) is 0. The molecule has 0 saturated carbocycles. The molecule has 0 aromatic carbocycles. The SMILES string of the molecule is CCCC(C)(CCC)c1ccccn1. The molecule has 0 spiro atoms. The van der Waals surface area contributed by atoms with E-state index in [0.717, 1.165) is 0 Å². The maximum Gasteiger partial charge on any atom is 0.0462 e. The van der Waals surface area contributed by atoms with E-state index in [9.17, 15) is 0 Å². The summed E-state index contributed by atoms with van der Waals surface area (Å²) in [6.45, 7) is 6.83. The van der Waals surface area contributed by atoms with Gasteiger partial charge in [0.1, 0.15) is 0 Å². The number of pyridine rings is 1. The van der Waals surface area contributed by atoms with Crippen molar-refractivity contribution in [3.05, 3.63) is 30.1 Å². The van der Waals surface area contributed by atoms with Crippen molar-refractivity contribution in [1.29, 1.82) is 0 Å². The topological polar surface area (TPSA) is 12.9 Å². The zero-order chi connectivity index (χ0) is 10.4. The summed E-state index contributed by atoms with van der Waals surface area (Å²) in [5.41, 5.74) is 1.54. The fourth-order valence-corrected chi connectivity index (χ4v) is 2.20. The van der Waals surface area contributed by atoms with E-state index in [1.807, 2.05) is 12.3 Å². The highest BCUT2D eigenvalue weighted by Gasteiger charge is 2.25. The number of hydrogen-bond acceptors (Lipinski definition) is 1. The van der Waals surface area contributed by atoms with Gasteiger partial charge in [0.2, 0.25) is 0 Å². The van der Waals surface area contributed by atoms with Gasteiger partial charge in [-0.3, -0.25) is 4.98 Å². The van der Waals surface area contributed by atoms with Crippen LogP contribution in [0.25, 0.3) is 0 Å².